The lowest BCUT2D eigenvalue weighted by molar-refractivity contribution is 0.673. The van der Waals surface area contributed by atoms with Crippen LogP contribution in [0.2, 0.25) is 0 Å². The first-order chi connectivity index (χ1) is 37.0. The van der Waals surface area contributed by atoms with Crippen LogP contribution in [0.3, 0.4) is 0 Å². The van der Waals surface area contributed by atoms with Crippen LogP contribution in [-0.2, 0) is 0 Å². The molecule has 57 heavy (non-hydrogen) atoms. The Morgan fingerprint density at radius 3 is 2.14 bits per heavy atom. The minimum atomic E-state index is -0.879. The Kier molecular flexibility index (Phi) is 3.88. The third kappa shape index (κ3) is 5.04. The molecule has 6 heteroatoms. The topological polar surface area (TPSA) is 56.7 Å². The van der Waals surface area contributed by atoms with E-state index in [-0.39, 0.29) is 58.7 Å². The van der Waals surface area contributed by atoms with E-state index in [1.54, 1.807) is 18.2 Å². The Bertz CT molecular complexity index is 4770. The zero-order chi connectivity index (χ0) is 55.7. The molecular formula is C51H30N4OS. The molecule has 0 amide bonds. The normalized spacial score (nSPS) is 17.0. The predicted molar refractivity (Wildman–Crippen MR) is 236 cm³/mol. The van der Waals surface area contributed by atoms with E-state index in [0.29, 0.717) is 11.1 Å². The van der Waals surface area contributed by atoms with Crippen molar-refractivity contribution in [1.82, 2.24) is 19.5 Å². The second-order valence-electron chi connectivity index (χ2n) is 12.8. The molecule has 0 radical (unpaired) electrons. The number of benzene rings is 8. The lowest BCUT2D eigenvalue weighted by Gasteiger charge is -2.12. The fraction of sp³-hybridized carbons (Fsp3) is 0. The highest BCUT2D eigenvalue weighted by Gasteiger charge is 2.21. The third-order valence-electron chi connectivity index (χ3n) is 9.55. The molecule has 0 saturated heterocycles. The molecule has 266 valence electrons. The second-order valence-corrected chi connectivity index (χ2v) is 13.8. The van der Waals surface area contributed by atoms with E-state index in [4.69, 9.17) is 35.8 Å². The summed E-state index contributed by atoms with van der Waals surface area (Å²) in [5.74, 6) is -1.09. The van der Waals surface area contributed by atoms with E-state index >= 15 is 0 Å². The van der Waals surface area contributed by atoms with Gasteiger partial charge in [-0.2, -0.15) is 0 Å². The predicted octanol–water partition coefficient (Wildman–Crippen LogP) is 13.9. The zero-order valence-electron chi connectivity index (χ0n) is 49.8. The quantitative estimate of drug-likeness (QED) is 0.175. The first-order valence-corrected chi connectivity index (χ1v) is 18.1. The van der Waals surface area contributed by atoms with Crippen molar-refractivity contribution < 1.29 is 33.2 Å². The number of nitrogens with zero attached hydrogens (tertiary/aromatic N) is 4. The highest BCUT2D eigenvalue weighted by atomic mass is 32.1. The van der Waals surface area contributed by atoms with Gasteiger partial charge in [-0.25, -0.2) is 15.0 Å². The minimum absolute atomic E-state index is 0.00782. The van der Waals surface area contributed by atoms with Crippen LogP contribution in [0.4, 0.5) is 0 Å². The Morgan fingerprint density at radius 1 is 0.509 bits per heavy atom. The lowest BCUT2D eigenvalue weighted by Crippen LogP contribution is -2.01. The van der Waals surface area contributed by atoms with E-state index < -0.39 is 166 Å². The average Bonchev–Trinajstić information content (AvgIpc) is 3.82. The van der Waals surface area contributed by atoms with Crippen LogP contribution in [-0.4, -0.2) is 19.5 Å². The fourth-order valence-corrected chi connectivity index (χ4v) is 8.10. The standard InChI is InChI=1S/C51H30N4OS/c1-2-13-31(14-3-1)32-15-10-16-33(29-32)49-52-50(54-51(53-49)41-23-12-22-39-37-20-6-9-26-45(37)57-48(39)41)34-17-11-18-35(30-34)55-42-24-7-4-21-40(42)46-43(55)28-27-38-36-19-5-8-25-44(36)56-47(38)46/h1-30H/i4D,5D,6D,7D,8D,9D,11D,12D,17D,18D,19D,20D,21D,22D,23D,24D,25D,26D,27D,28D,30D. The number of hydrogen-bond donors (Lipinski definition) is 0. The van der Waals surface area contributed by atoms with Crippen molar-refractivity contribution in [3.05, 3.63) is 181 Å². The number of furan rings is 1. The van der Waals surface area contributed by atoms with Gasteiger partial charge in [-0.3, -0.25) is 0 Å². The summed E-state index contributed by atoms with van der Waals surface area (Å²) in [6, 6.07) is 1.71. The molecule has 0 spiro atoms. The lowest BCUT2D eigenvalue weighted by atomic mass is 10.0. The highest BCUT2D eigenvalue weighted by molar-refractivity contribution is 7.26. The Balaban J connectivity index is 1.23. The van der Waals surface area contributed by atoms with Gasteiger partial charge in [-0.1, -0.05) is 127 Å². The summed E-state index contributed by atoms with van der Waals surface area (Å²) in [6.45, 7) is 0. The molecule has 0 aliphatic rings. The number of aromatic nitrogens is 4. The van der Waals surface area contributed by atoms with E-state index in [1.165, 1.54) is 0 Å². The molecule has 0 N–H and O–H groups in total. The van der Waals surface area contributed by atoms with Crippen LogP contribution in [0.1, 0.15) is 28.8 Å². The summed E-state index contributed by atoms with van der Waals surface area (Å²) in [5, 5.41) is -1.43. The van der Waals surface area contributed by atoms with Gasteiger partial charge in [0.2, 0.25) is 0 Å². The molecule has 4 aromatic heterocycles. The highest BCUT2D eigenvalue weighted by Crippen LogP contribution is 2.42. The molecule has 4 heterocycles. The van der Waals surface area contributed by atoms with Gasteiger partial charge in [-0.05, 0) is 65.5 Å². The van der Waals surface area contributed by atoms with Crippen molar-refractivity contribution in [1.29, 1.82) is 0 Å². The zero-order valence-corrected chi connectivity index (χ0v) is 29.6. The smallest absolute Gasteiger partial charge is 0.165 e. The van der Waals surface area contributed by atoms with Gasteiger partial charge in [-0.15, -0.1) is 11.3 Å². The summed E-state index contributed by atoms with van der Waals surface area (Å²) in [4.78, 5) is 14.3. The van der Waals surface area contributed by atoms with Crippen LogP contribution >= 0.6 is 11.3 Å². The number of rotatable bonds is 5. The molecule has 0 bridgehead atoms. The molecule has 8 aromatic carbocycles. The molecule has 0 aliphatic carbocycles. The molecule has 0 unspecified atom stereocenters. The van der Waals surface area contributed by atoms with Crippen LogP contribution in [0, 0.1) is 0 Å². The fourth-order valence-electron chi connectivity index (χ4n) is 7.04. The van der Waals surface area contributed by atoms with Crippen molar-refractivity contribution >= 4 is 75.3 Å². The summed E-state index contributed by atoms with van der Waals surface area (Å²) in [6.07, 6.45) is 0. The van der Waals surface area contributed by atoms with Gasteiger partial charge in [0.1, 0.15) is 11.2 Å². The Hall–Kier alpha value is -7.41. The molecule has 0 aliphatic heterocycles. The van der Waals surface area contributed by atoms with E-state index in [9.17, 15) is 12.3 Å². The largest absolute Gasteiger partial charge is 0.455 e. The molecule has 0 fully saturated rings. The average molecular weight is 768 g/mol. The maximum absolute atomic E-state index is 10.1. The van der Waals surface area contributed by atoms with Crippen LogP contribution in [0.5, 0.6) is 0 Å². The molecule has 0 atom stereocenters. The van der Waals surface area contributed by atoms with Gasteiger partial charge < -0.3 is 8.98 Å². The molecule has 12 aromatic rings. The Labute approximate surface area is 360 Å². The van der Waals surface area contributed by atoms with E-state index in [0.717, 1.165) is 21.5 Å². The third-order valence-corrected chi connectivity index (χ3v) is 10.7. The SMILES string of the molecule is [2H]c1c([2H])c(-c2nc(-c3cccc(-c4ccccc4)c3)nc(-c3c([2H])c([2H])c([2H])c4c3sc3c([2H])c([2H])c([2H])c([2H])c34)n2)c([2H])c(-n2c3c([2H])c([2H])c([2H])c([2H])c3c3c4oc5c([2H])c([2H])c([2H])c([2H])c5c4c([2H])c([2H])c32)c1[2H]. The van der Waals surface area contributed by atoms with Gasteiger partial charge >= 0.3 is 0 Å². The summed E-state index contributed by atoms with van der Waals surface area (Å²) in [5.41, 5.74) is -1.44. The number of thiophene rings is 1. The van der Waals surface area contributed by atoms with Gasteiger partial charge in [0, 0.05) is 58.7 Å². The summed E-state index contributed by atoms with van der Waals surface area (Å²) < 4.78 is 197. The van der Waals surface area contributed by atoms with Crippen molar-refractivity contribution in [3.8, 4) is 51.0 Å². The molecule has 12 rings (SSSR count). The van der Waals surface area contributed by atoms with Gasteiger partial charge in [0.25, 0.3) is 0 Å². The van der Waals surface area contributed by atoms with Crippen LogP contribution < -0.4 is 0 Å². The Morgan fingerprint density at radius 2 is 1.23 bits per heavy atom. The maximum atomic E-state index is 10.1. The van der Waals surface area contributed by atoms with Crippen molar-refractivity contribution in [2.75, 3.05) is 0 Å². The molecule has 0 saturated carbocycles. The van der Waals surface area contributed by atoms with E-state index in [1.807, 2.05) is 36.4 Å². The van der Waals surface area contributed by atoms with Crippen molar-refractivity contribution in [3.63, 3.8) is 0 Å². The summed E-state index contributed by atoms with van der Waals surface area (Å²) >= 11 is 0.804. The van der Waals surface area contributed by atoms with Crippen molar-refractivity contribution in [2.45, 2.75) is 0 Å². The first kappa shape index (κ1) is 17.6. The number of para-hydroxylation sites is 2. The number of hydrogen-bond acceptors (Lipinski definition) is 5. The van der Waals surface area contributed by atoms with Gasteiger partial charge in [0.05, 0.1) is 45.2 Å². The number of fused-ring (bicyclic) bond motifs is 10. The molecule has 5 nitrogen and oxygen atoms in total. The molecular weight excluding hydrogens is 717 g/mol. The van der Waals surface area contributed by atoms with Gasteiger partial charge in [0.15, 0.2) is 17.5 Å². The van der Waals surface area contributed by atoms with Crippen LogP contribution in [0.15, 0.2) is 186 Å². The van der Waals surface area contributed by atoms with E-state index in [2.05, 4.69) is 0 Å². The van der Waals surface area contributed by atoms with Crippen LogP contribution in [0.25, 0.3) is 115 Å². The maximum Gasteiger partial charge on any atom is 0.165 e. The first-order valence-electron chi connectivity index (χ1n) is 27.8. The second kappa shape index (κ2) is 12.6. The van der Waals surface area contributed by atoms with Crippen molar-refractivity contribution in [2.24, 2.45) is 0 Å². The summed E-state index contributed by atoms with van der Waals surface area (Å²) in [7, 11) is 0. The monoisotopic (exact) mass is 767 g/mol. The minimum Gasteiger partial charge on any atom is -0.455 e.